The molecule has 0 bridgehead atoms. The molecule has 0 aliphatic heterocycles. The Labute approximate surface area is 154 Å². The summed E-state index contributed by atoms with van der Waals surface area (Å²) in [7, 11) is 1.88. The molecule has 0 aliphatic rings. The zero-order valence-electron chi connectivity index (χ0n) is 13.8. The lowest BCUT2D eigenvalue weighted by atomic mass is 10.2. The van der Waals surface area contributed by atoms with Crippen molar-refractivity contribution in [1.82, 2.24) is 14.7 Å². The van der Waals surface area contributed by atoms with Gasteiger partial charge in [0.05, 0.1) is 10.6 Å². The fourth-order valence-corrected chi connectivity index (χ4v) is 3.00. The third-order valence-electron chi connectivity index (χ3n) is 4.03. The molecule has 2 heterocycles. The molecule has 0 amide bonds. The Kier molecular flexibility index (Phi) is 4.18. The maximum Gasteiger partial charge on any atom is 0.340 e. The van der Waals surface area contributed by atoms with Crippen LogP contribution in [0.2, 0.25) is 5.02 Å². The van der Waals surface area contributed by atoms with Crippen LogP contribution in [0.25, 0.3) is 22.3 Å². The number of rotatable bonds is 4. The van der Waals surface area contributed by atoms with E-state index in [-0.39, 0.29) is 12.5 Å². The number of aryl methyl sites for hydroxylation is 1. The van der Waals surface area contributed by atoms with Crippen LogP contribution < -0.4 is 0 Å². The topological polar surface area (TPSA) is 70.2 Å². The van der Waals surface area contributed by atoms with Crippen molar-refractivity contribution in [1.29, 1.82) is 0 Å². The van der Waals surface area contributed by atoms with Crippen molar-refractivity contribution >= 4 is 28.5 Å². The Morgan fingerprint density at radius 2 is 1.96 bits per heavy atom. The first-order chi connectivity index (χ1) is 12.6. The SMILES string of the molecule is Cn1cc(C(=O)OCc2nc(-c3ccccc3Cl)no2)c2ccccc21. The van der Waals surface area contributed by atoms with E-state index in [2.05, 4.69) is 10.1 Å². The molecular weight excluding hydrogens is 354 g/mol. The fourth-order valence-electron chi connectivity index (χ4n) is 2.77. The van der Waals surface area contributed by atoms with Gasteiger partial charge in [-0.1, -0.05) is 47.1 Å². The van der Waals surface area contributed by atoms with Gasteiger partial charge in [-0.3, -0.25) is 0 Å². The number of halogens is 1. The largest absolute Gasteiger partial charge is 0.452 e. The Bertz CT molecular complexity index is 1100. The highest BCUT2D eigenvalue weighted by Crippen LogP contribution is 2.25. The maximum atomic E-state index is 12.4. The van der Waals surface area contributed by atoms with E-state index in [0.29, 0.717) is 22.0 Å². The number of hydrogen-bond acceptors (Lipinski definition) is 5. The average molecular weight is 368 g/mol. The molecule has 26 heavy (non-hydrogen) atoms. The maximum absolute atomic E-state index is 12.4. The fraction of sp³-hybridized carbons (Fsp3) is 0.105. The summed E-state index contributed by atoms with van der Waals surface area (Å²) in [4.78, 5) is 16.7. The summed E-state index contributed by atoms with van der Waals surface area (Å²) in [5, 5.41) is 5.24. The van der Waals surface area contributed by atoms with Crippen molar-refractivity contribution in [2.45, 2.75) is 6.61 Å². The lowest BCUT2D eigenvalue weighted by molar-refractivity contribution is 0.0432. The van der Waals surface area contributed by atoms with Gasteiger partial charge in [-0.2, -0.15) is 4.98 Å². The molecule has 4 rings (SSSR count). The molecule has 2 aromatic carbocycles. The zero-order valence-corrected chi connectivity index (χ0v) is 14.6. The minimum atomic E-state index is -0.445. The average Bonchev–Trinajstić information content (AvgIpc) is 3.25. The van der Waals surface area contributed by atoms with Crippen molar-refractivity contribution in [3.63, 3.8) is 0 Å². The smallest absolute Gasteiger partial charge is 0.340 e. The molecule has 0 unspecified atom stereocenters. The van der Waals surface area contributed by atoms with Gasteiger partial charge in [-0.15, -0.1) is 0 Å². The van der Waals surface area contributed by atoms with Gasteiger partial charge in [-0.05, 0) is 18.2 Å². The Morgan fingerprint density at radius 3 is 2.81 bits per heavy atom. The highest BCUT2D eigenvalue weighted by atomic mass is 35.5. The van der Waals surface area contributed by atoms with Crippen molar-refractivity contribution in [3.8, 4) is 11.4 Å². The number of carbonyl (C=O) groups excluding carboxylic acids is 1. The first kappa shape index (κ1) is 16.4. The van der Waals surface area contributed by atoms with Crippen LogP contribution in [0.5, 0.6) is 0 Å². The number of fused-ring (bicyclic) bond motifs is 1. The van der Waals surface area contributed by atoms with E-state index in [0.717, 1.165) is 10.9 Å². The normalized spacial score (nSPS) is 11.0. The molecule has 4 aromatic rings. The number of hydrogen-bond donors (Lipinski definition) is 0. The highest BCUT2D eigenvalue weighted by Gasteiger charge is 2.17. The van der Waals surface area contributed by atoms with Gasteiger partial charge in [0.2, 0.25) is 5.82 Å². The zero-order chi connectivity index (χ0) is 18.1. The van der Waals surface area contributed by atoms with E-state index in [1.165, 1.54) is 0 Å². The third-order valence-corrected chi connectivity index (χ3v) is 4.36. The standard InChI is InChI=1S/C19H14ClN3O3/c1-23-10-14(12-6-3-5-9-16(12)23)19(24)25-11-17-21-18(22-26-17)13-7-2-4-8-15(13)20/h2-10H,11H2,1H3. The van der Waals surface area contributed by atoms with Gasteiger partial charge in [0, 0.05) is 29.7 Å². The van der Waals surface area contributed by atoms with Crippen LogP contribution in [0.4, 0.5) is 0 Å². The van der Waals surface area contributed by atoms with Crippen LogP contribution in [0.15, 0.2) is 59.3 Å². The minimum Gasteiger partial charge on any atom is -0.452 e. The predicted molar refractivity (Wildman–Crippen MR) is 96.8 cm³/mol. The van der Waals surface area contributed by atoms with E-state index < -0.39 is 5.97 Å². The lowest BCUT2D eigenvalue weighted by Crippen LogP contribution is -2.05. The number of esters is 1. The van der Waals surface area contributed by atoms with Crippen LogP contribution in [0.1, 0.15) is 16.2 Å². The number of ether oxygens (including phenoxy) is 1. The number of benzene rings is 2. The molecule has 0 N–H and O–H groups in total. The summed E-state index contributed by atoms with van der Waals surface area (Å²) in [5.74, 6) is 0.111. The van der Waals surface area contributed by atoms with Crippen LogP contribution in [-0.4, -0.2) is 20.7 Å². The number of carbonyl (C=O) groups is 1. The summed E-state index contributed by atoms with van der Waals surface area (Å²) < 4.78 is 12.4. The van der Waals surface area contributed by atoms with E-state index >= 15 is 0 Å². The quantitative estimate of drug-likeness (QED) is 0.504. The summed E-state index contributed by atoms with van der Waals surface area (Å²) >= 11 is 6.12. The van der Waals surface area contributed by atoms with Gasteiger partial charge in [0.25, 0.3) is 5.89 Å². The van der Waals surface area contributed by atoms with Crippen molar-refractivity contribution in [3.05, 3.63) is 71.2 Å². The van der Waals surface area contributed by atoms with Gasteiger partial charge in [0.15, 0.2) is 6.61 Å². The van der Waals surface area contributed by atoms with Gasteiger partial charge < -0.3 is 13.8 Å². The first-order valence-corrected chi connectivity index (χ1v) is 8.30. The molecule has 0 atom stereocenters. The number of nitrogens with zero attached hydrogens (tertiary/aromatic N) is 3. The Morgan fingerprint density at radius 1 is 1.19 bits per heavy atom. The van der Waals surface area contributed by atoms with E-state index in [1.807, 2.05) is 48.0 Å². The van der Waals surface area contributed by atoms with Gasteiger partial charge >= 0.3 is 5.97 Å². The molecular formula is C19H14ClN3O3. The molecule has 0 aliphatic carbocycles. The van der Waals surface area contributed by atoms with Crippen LogP contribution in [0, 0.1) is 0 Å². The molecule has 130 valence electrons. The molecule has 0 radical (unpaired) electrons. The second kappa shape index (κ2) is 6.65. The highest BCUT2D eigenvalue weighted by molar-refractivity contribution is 6.33. The second-order valence-corrected chi connectivity index (χ2v) is 6.15. The summed E-state index contributed by atoms with van der Waals surface area (Å²) in [6.07, 6.45) is 1.75. The molecule has 0 saturated carbocycles. The summed E-state index contributed by atoms with van der Waals surface area (Å²) in [6.45, 7) is -0.112. The van der Waals surface area contributed by atoms with Crippen LogP contribution in [0.3, 0.4) is 0 Å². The Balaban J connectivity index is 1.51. The van der Waals surface area contributed by atoms with E-state index in [9.17, 15) is 4.79 Å². The monoisotopic (exact) mass is 367 g/mol. The molecule has 0 spiro atoms. The molecule has 2 aromatic heterocycles. The molecule has 7 heteroatoms. The minimum absolute atomic E-state index is 0.112. The third kappa shape index (κ3) is 2.95. The lowest BCUT2D eigenvalue weighted by Gasteiger charge is -2.00. The molecule has 0 saturated heterocycles. The Hall–Kier alpha value is -3.12. The van der Waals surface area contributed by atoms with Gasteiger partial charge in [-0.25, -0.2) is 4.79 Å². The predicted octanol–water partition coefficient (Wildman–Crippen LogP) is 4.24. The van der Waals surface area contributed by atoms with E-state index in [4.69, 9.17) is 20.9 Å². The molecule has 6 nitrogen and oxygen atoms in total. The summed E-state index contributed by atoms with van der Waals surface area (Å²) in [5.41, 5.74) is 2.11. The van der Waals surface area contributed by atoms with Crippen molar-refractivity contribution < 1.29 is 14.1 Å². The summed E-state index contributed by atoms with van der Waals surface area (Å²) in [6, 6.07) is 14.8. The van der Waals surface area contributed by atoms with Crippen molar-refractivity contribution in [2.75, 3.05) is 0 Å². The van der Waals surface area contributed by atoms with Crippen LogP contribution >= 0.6 is 11.6 Å². The van der Waals surface area contributed by atoms with Gasteiger partial charge in [0.1, 0.15) is 0 Å². The number of para-hydroxylation sites is 1. The second-order valence-electron chi connectivity index (χ2n) is 5.74. The van der Waals surface area contributed by atoms with Crippen molar-refractivity contribution in [2.24, 2.45) is 7.05 Å². The van der Waals surface area contributed by atoms with Crippen LogP contribution in [-0.2, 0) is 18.4 Å². The first-order valence-electron chi connectivity index (χ1n) is 7.92. The van der Waals surface area contributed by atoms with E-state index in [1.54, 1.807) is 18.3 Å². The number of aromatic nitrogens is 3. The molecule has 0 fully saturated rings.